The van der Waals surface area contributed by atoms with E-state index in [1.54, 1.807) is 13.2 Å². The topological polar surface area (TPSA) is 76.1 Å². The second-order valence-electron chi connectivity index (χ2n) is 5.45. The van der Waals surface area contributed by atoms with Crippen LogP contribution in [0.4, 0.5) is 5.95 Å². The van der Waals surface area contributed by atoms with Gasteiger partial charge >= 0.3 is 0 Å². The molecule has 0 bridgehead atoms. The number of methoxy groups -OCH3 is 1. The zero-order chi connectivity index (χ0) is 15.1. The maximum absolute atomic E-state index is 12.3. The minimum absolute atomic E-state index is 0.109. The second-order valence-corrected chi connectivity index (χ2v) is 5.45. The van der Waals surface area contributed by atoms with E-state index in [9.17, 15) is 4.79 Å². The Hall–Kier alpha value is -1.69. The number of rotatable bonds is 6. The van der Waals surface area contributed by atoms with Gasteiger partial charge in [-0.1, -0.05) is 19.3 Å². The summed E-state index contributed by atoms with van der Waals surface area (Å²) in [6, 6.07) is 2.01. The van der Waals surface area contributed by atoms with Gasteiger partial charge in [0.05, 0.1) is 6.61 Å². The van der Waals surface area contributed by atoms with Crippen molar-refractivity contribution in [3.05, 3.63) is 17.5 Å². The molecule has 0 atom stereocenters. The average Bonchev–Trinajstić information content (AvgIpc) is 2.48. The fourth-order valence-electron chi connectivity index (χ4n) is 2.54. The van der Waals surface area contributed by atoms with Crippen LogP contribution in [0, 0.1) is 6.92 Å². The van der Waals surface area contributed by atoms with Gasteiger partial charge in [-0.05, 0) is 25.8 Å². The Labute approximate surface area is 125 Å². The molecule has 0 radical (unpaired) electrons. The Morgan fingerprint density at radius 2 is 2.10 bits per heavy atom. The molecule has 0 saturated heterocycles. The van der Waals surface area contributed by atoms with Crippen LogP contribution in [0.25, 0.3) is 0 Å². The number of nitrogens with zero attached hydrogens (tertiary/aromatic N) is 2. The number of amides is 1. The summed E-state index contributed by atoms with van der Waals surface area (Å²) in [6.07, 6.45) is 5.78. The van der Waals surface area contributed by atoms with Crippen molar-refractivity contribution in [1.29, 1.82) is 0 Å². The van der Waals surface area contributed by atoms with E-state index >= 15 is 0 Å². The van der Waals surface area contributed by atoms with E-state index in [1.807, 2.05) is 6.92 Å². The number of hydrogen-bond acceptors (Lipinski definition) is 5. The van der Waals surface area contributed by atoms with Crippen molar-refractivity contribution in [2.24, 2.45) is 0 Å². The van der Waals surface area contributed by atoms with Gasteiger partial charge in [0.15, 0.2) is 0 Å². The van der Waals surface area contributed by atoms with E-state index in [4.69, 9.17) is 4.74 Å². The largest absolute Gasteiger partial charge is 0.383 e. The molecule has 1 aromatic heterocycles. The summed E-state index contributed by atoms with van der Waals surface area (Å²) in [5.41, 5.74) is 1.20. The second kappa shape index (κ2) is 7.93. The standard InChI is InChI=1S/C15H24N4O2/c1-11-10-13(19-15(17-11)16-8-9-21-2)14(20)18-12-6-4-3-5-7-12/h10,12H,3-9H2,1-2H3,(H,18,20)(H,16,17,19). The Morgan fingerprint density at radius 3 is 2.81 bits per heavy atom. The van der Waals surface area contributed by atoms with Crippen LogP contribution >= 0.6 is 0 Å². The molecular weight excluding hydrogens is 268 g/mol. The minimum atomic E-state index is -0.109. The number of anilines is 1. The number of hydrogen-bond donors (Lipinski definition) is 2. The summed E-state index contributed by atoms with van der Waals surface area (Å²) >= 11 is 0. The zero-order valence-corrected chi connectivity index (χ0v) is 12.8. The molecule has 1 heterocycles. The highest BCUT2D eigenvalue weighted by molar-refractivity contribution is 5.92. The molecule has 116 valence electrons. The Balaban J connectivity index is 1.98. The van der Waals surface area contributed by atoms with E-state index < -0.39 is 0 Å². The van der Waals surface area contributed by atoms with Crippen molar-refractivity contribution in [1.82, 2.24) is 15.3 Å². The first-order chi connectivity index (χ1) is 10.2. The molecule has 1 aliphatic rings. The van der Waals surface area contributed by atoms with Crippen LogP contribution in [0.3, 0.4) is 0 Å². The first kappa shape index (κ1) is 15.7. The van der Waals surface area contributed by atoms with Crippen molar-refractivity contribution in [2.45, 2.75) is 45.1 Å². The van der Waals surface area contributed by atoms with Gasteiger partial charge in [0.25, 0.3) is 5.91 Å². The van der Waals surface area contributed by atoms with Gasteiger partial charge < -0.3 is 15.4 Å². The number of aryl methyl sites for hydroxylation is 1. The molecular formula is C15H24N4O2. The first-order valence-corrected chi connectivity index (χ1v) is 7.58. The first-order valence-electron chi connectivity index (χ1n) is 7.58. The van der Waals surface area contributed by atoms with Crippen LogP contribution in [0.2, 0.25) is 0 Å². The summed E-state index contributed by atoms with van der Waals surface area (Å²) < 4.78 is 4.97. The van der Waals surface area contributed by atoms with E-state index in [2.05, 4.69) is 20.6 Å². The highest BCUT2D eigenvalue weighted by Gasteiger charge is 2.18. The Bertz CT molecular complexity index is 473. The SMILES string of the molecule is COCCNc1nc(C)cc(C(=O)NC2CCCCC2)n1. The van der Waals surface area contributed by atoms with Gasteiger partial charge in [-0.3, -0.25) is 4.79 Å². The fourth-order valence-corrected chi connectivity index (χ4v) is 2.54. The third-order valence-corrected chi connectivity index (χ3v) is 3.62. The van der Waals surface area contributed by atoms with Gasteiger partial charge in [-0.15, -0.1) is 0 Å². The molecule has 1 fully saturated rings. The maximum atomic E-state index is 12.3. The van der Waals surface area contributed by atoms with Gasteiger partial charge in [0.1, 0.15) is 5.69 Å². The fraction of sp³-hybridized carbons (Fsp3) is 0.667. The molecule has 1 amide bonds. The predicted molar refractivity (Wildman–Crippen MR) is 81.5 cm³/mol. The van der Waals surface area contributed by atoms with Gasteiger partial charge in [0.2, 0.25) is 5.95 Å². The molecule has 0 unspecified atom stereocenters. The molecule has 2 N–H and O–H groups in total. The number of nitrogens with one attached hydrogen (secondary N) is 2. The summed E-state index contributed by atoms with van der Waals surface area (Å²) in [7, 11) is 1.64. The lowest BCUT2D eigenvalue weighted by atomic mass is 9.95. The molecule has 6 nitrogen and oxygen atoms in total. The lowest BCUT2D eigenvalue weighted by Crippen LogP contribution is -2.36. The Morgan fingerprint density at radius 1 is 1.33 bits per heavy atom. The molecule has 1 aromatic rings. The number of ether oxygens (including phenoxy) is 1. The van der Waals surface area contributed by atoms with Crippen molar-refractivity contribution in [2.75, 3.05) is 25.6 Å². The van der Waals surface area contributed by atoms with E-state index in [0.717, 1.165) is 18.5 Å². The quantitative estimate of drug-likeness (QED) is 0.783. The third-order valence-electron chi connectivity index (χ3n) is 3.62. The molecule has 21 heavy (non-hydrogen) atoms. The van der Waals surface area contributed by atoms with Gasteiger partial charge in [0, 0.05) is 25.4 Å². The maximum Gasteiger partial charge on any atom is 0.270 e. The van der Waals surface area contributed by atoms with Crippen LogP contribution in [-0.2, 0) is 4.74 Å². The summed E-state index contributed by atoms with van der Waals surface area (Å²) in [4.78, 5) is 20.9. The van der Waals surface area contributed by atoms with Crippen molar-refractivity contribution < 1.29 is 9.53 Å². The number of carbonyl (C=O) groups is 1. The van der Waals surface area contributed by atoms with E-state index in [1.165, 1.54) is 19.3 Å². The van der Waals surface area contributed by atoms with Crippen LogP contribution in [0.5, 0.6) is 0 Å². The molecule has 1 saturated carbocycles. The average molecular weight is 292 g/mol. The predicted octanol–water partition coefficient (Wildman–Crippen LogP) is 1.91. The van der Waals surface area contributed by atoms with Crippen LogP contribution < -0.4 is 10.6 Å². The van der Waals surface area contributed by atoms with Crippen LogP contribution in [0.1, 0.15) is 48.3 Å². The highest BCUT2D eigenvalue weighted by Crippen LogP contribution is 2.17. The van der Waals surface area contributed by atoms with Gasteiger partial charge in [-0.25, -0.2) is 9.97 Å². The van der Waals surface area contributed by atoms with E-state index in [-0.39, 0.29) is 11.9 Å². The summed E-state index contributed by atoms with van der Waals surface area (Å²) in [6.45, 7) is 3.05. The van der Waals surface area contributed by atoms with E-state index in [0.29, 0.717) is 24.8 Å². The van der Waals surface area contributed by atoms with Gasteiger partial charge in [-0.2, -0.15) is 0 Å². The molecule has 1 aliphatic carbocycles. The summed E-state index contributed by atoms with van der Waals surface area (Å²) in [5, 5.41) is 6.13. The molecule has 0 spiro atoms. The molecule has 2 rings (SSSR count). The normalized spacial score (nSPS) is 15.7. The van der Waals surface area contributed by atoms with Crippen LogP contribution in [0.15, 0.2) is 6.07 Å². The summed E-state index contributed by atoms with van der Waals surface area (Å²) in [5.74, 6) is 0.364. The third kappa shape index (κ3) is 4.97. The zero-order valence-electron chi connectivity index (χ0n) is 12.8. The van der Waals surface area contributed by atoms with Crippen LogP contribution in [-0.4, -0.2) is 42.2 Å². The smallest absolute Gasteiger partial charge is 0.270 e. The number of aromatic nitrogens is 2. The lowest BCUT2D eigenvalue weighted by Gasteiger charge is -2.22. The monoisotopic (exact) mass is 292 g/mol. The minimum Gasteiger partial charge on any atom is -0.383 e. The Kier molecular flexibility index (Phi) is 5.92. The van der Waals surface area contributed by atoms with Crippen molar-refractivity contribution in [3.63, 3.8) is 0 Å². The molecule has 0 aliphatic heterocycles. The molecule has 0 aromatic carbocycles. The molecule has 6 heteroatoms. The lowest BCUT2D eigenvalue weighted by molar-refractivity contribution is 0.0922. The highest BCUT2D eigenvalue weighted by atomic mass is 16.5. The van der Waals surface area contributed by atoms with Crippen molar-refractivity contribution in [3.8, 4) is 0 Å². The number of carbonyl (C=O) groups excluding carboxylic acids is 1. The van der Waals surface area contributed by atoms with Crippen molar-refractivity contribution >= 4 is 11.9 Å².